The normalized spacial score (nSPS) is 24.6. The molecule has 3 rings (SSSR count). The van der Waals surface area contributed by atoms with Gasteiger partial charge in [-0.2, -0.15) is 4.98 Å². The fourth-order valence-electron chi connectivity index (χ4n) is 2.71. The summed E-state index contributed by atoms with van der Waals surface area (Å²) < 4.78 is 4.98. The third-order valence-corrected chi connectivity index (χ3v) is 3.63. The van der Waals surface area contributed by atoms with E-state index in [4.69, 9.17) is 10.3 Å². The zero-order valence-corrected chi connectivity index (χ0v) is 10.2. The van der Waals surface area contributed by atoms with Gasteiger partial charge >= 0.3 is 0 Å². The highest BCUT2D eigenvalue weighted by Crippen LogP contribution is 2.23. The van der Waals surface area contributed by atoms with Crippen LogP contribution >= 0.6 is 0 Å². The standard InChI is InChI=1S/C11H17N5O2/c12-5-10-13-9(14-18-10)7-15-3-4-16-8(6-15)1-2-11(16)17/h8H,1-7,12H2. The van der Waals surface area contributed by atoms with Crippen LogP contribution in [-0.2, 0) is 17.9 Å². The van der Waals surface area contributed by atoms with E-state index in [0.29, 0.717) is 36.6 Å². The fraction of sp³-hybridized carbons (Fsp3) is 0.727. The summed E-state index contributed by atoms with van der Waals surface area (Å²) in [5, 5.41) is 3.89. The average molecular weight is 251 g/mol. The minimum atomic E-state index is 0.276. The molecule has 98 valence electrons. The molecule has 1 amide bonds. The summed E-state index contributed by atoms with van der Waals surface area (Å²) in [6.45, 7) is 3.53. The van der Waals surface area contributed by atoms with Gasteiger partial charge in [0.15, 0.2) is 5.82 Å². The molecule has 2 fully saturated rings. The average Bonchev–Trinajstić information content (AvgIpc) is 2.97. The minimum Gasteiger partial charge on any atom is -0.338 e. The molecule has 0 saturated carbocycles. The van der Waals surface area contributed by atoms with Crippen molar-refractivity contribution in [1.82, 2.24) is 19.9 Å². The van der Waals surface area contributed by atoms with E-state index in [1.807, 2.05) is 4.90 Å². The maximum Gasteiger partial charge on any atom is 0.240 e. The molecule has 0 aromatic carbocycles. The van der Waals surface area contributed by atoms with Crippen LogP contribution in [0, 0.1) is 0 Å². The molecule has 2 saturated heterocycles. The van der Waals surface area contributed by atoms with Gasteiger partial charge in [-0.15, -0.1) is 0 Å². The number of hydrogen-bond donors (Lipinski definition) is 1. The molecule has 0 aliphatic carbocycles. The predicted molar refractivity (Wildman–Crippen MR) is 62.2 cm³/mol. The lowest BCUT2D eigenvalue weighted by atomic mass is 10.1. The summed E-state index contributed by atoms with van der Waals surface area (Å²) in [6, 6.07) is 0.368. The van der Waals surface area contributed by atoms with Gasteiger partial charge in [-0.1, -0.05) is 5.16 Å². The summed E-state index contributed by atoms with van der Waals surface area (Å²) >= 11 is 0. The molecule has 1 atom stereocenters. The van der Waals surface area contributed by atoms with Gasteiger partial charge < -0.3 is 15.2 Å². The van der Waals surface area contributed by atoms with E-state index >= 15 is 0 Å². The van der Waals surface area contributed by atoms with Crippen molar-refractivity contribution in [3.05, 3.63) is 11.7 Å². The molecule has 2 N–H and O–H groups in total. The van der Waals surface area contributed by atoms with Gasteiger partial charge in [0.2, 0.25) is 11.8 Å². The van der Waals surface area contributed by atoms with Gasteiger partial charge in [0, 0.05) is 32.1 Å². The Labute approximate surface area is 105 Å². The van der Waals surface area contributed by atoms with Crippen molar-refractivity contribution in [1.29, 1.82) is 0 Å². The first-order chi connectivity index (χ1) is 8.76. The van der Waals surface area contributed by atoms with Crippen LogP contribution in [0.3, 0.4) is 0 Å². The first kappa shape index (κ1) is 11.6. The Morgan fingerprint density at radius 3 is 3.11 bits per heavy atom. The zero-order chi connectivity index (χ0) is 12.5. The Morgan fingerprint density at radius 2 is 2.33 bits per heavy atom. The van der Waals surface area contributed by atoms with Crippen molar-refractivity contribution in [2.24, 2.45) is 5.73 Å². The Kier molecular flexibility index (Phi) is 3.00. The lowest BCUT2D eigenvalue weighted by Gasteiger charge is -2.36. The summed E-state index contributed by atoms with van der Waals surface area (Å²) in [5.41, 5.74) is 5.43. The molecule has 1 aromatic rings. The largest absolute Gasteiger partial charge is 0.338 e. The number of piperazine rings is 1. The van der Waals surface area contributed by atoms with E-state index < -0.39 is 0 Å². The fourth-order valence-corrected chi connectivity index (χ4v) is 2.71. The van der Waals surface area contributed by atoms with Gasteiger partial charge in [-0.05, 0) is 6.42 Å². The molecule has 2 aliphatic rings. The summed E-state index contributed by atoms with van der Waals surface area (Å²) in [4.78, 5) is 20.0. The molecule has 0 radical (unpaired) electrons. The van der Waals surface area contributed by atoms with Crippen molar-refractivity contribution in [3.63, 3.8) is 0 Å². The van der Waals surface area contributed by atoms with Crippen molar-refractivity contribution < 1.29 is 9.32 Å². The Balaban J connectivity index is 1.60. The number of carbonyl (C=O) groups is 1. The molecular formula is C11H17N5O2. The highest BCUT2D eigenvalue weighted by molar-refractivity contribution is 5.78. The van der Waals surface area contributed by atoms with Crippen LogP contribution in [0.2, 0.25) is 0 Å². The highest BCUT2D eigenvalue weighted by Gasteiger charge is 2.35. The minimum absolute atomic E-state index is 0.276. The van der Waals surface area contributed by atoms with Crippen molar-refractivity contribution in [2.45, 2.75) is 32.0 Å². The van der Waals surface area contributed by atoms with Crippen LogP contribution in [-0.4, -0.2) is 51.5 Å². The quantitative estimate of drug-likeness (QED) is 0.767. The van der Waals surface area contributed by atoms with Crippen molar-refractivity contribution >= 4 is 5.91 Å². The van der Waals surface area contributed by atoms with E-state index in [0.717, 1.165) is 26.1 Å². The molecule has 7 nitrogen and oxygen atoms in total. The number of fused-ring (bicyclic) bond motifs is 1. The zero-order valence-electron chi connectivity index (χ0n) is 10.2. The molecule has 0 spiro atoms. The summed E-state index contributed by atoms with van der Waals surface area (Å²) in [6.07, 6.45) is 1.66. The highest BCUT2D eigenvalue weighted by atomic mass is 16.5. The maximum absolute atomic E-state index is 11.6. The van der Waals surface area contributed by atoms with E-state index in [1.54, 1.807) is 0 Å². The van der Waals surface area contributed by atoms with Gasteiger partial charge in [0.1, 0.15) is 0 Å². The van der Waals surface area contributed by atoms with Crippen LogP contribution in [0.15, 0.2) is 4.52 Å². The van der Waals surface area contributed by atoms with Crippen LogP contribution in [0.25, 0.3) is 0 Å². The van der Waals surface area contributed by atoms with Gasteiger partial charge in [-0.25, -0.2) is 0 Å². The van der Waals surface area contributed by atoms with Crippen LogP contribution < -0.4 is 5.73 Å². The molecule has 7 heteroatoms. The van der Waals surface area contributed by atoms with Gasteiger partial charge in [-0.3, -0.25) is 9.69 Å². The number of rotatable bonds is 3. The smallest absolute Gasteiger partial charge is 0.240 e. The first-order valence-corrected chi connectivity index (χ1v) is 6.29. The second-order valence-corrected chi connectivity index (χ2v) is 4.82. The van der Waals surface area contributed by atoms with E-state index in [-0.39, 0.29) is 6.54 Å². The molecule has 1 unspecified atom stereocenters. The second kappa shape index (κ2) is 4.66. The Hall–Kier alpha value is -1.47. The van der Waals surface area contributed by atoms with Crippen LogP contribution in [0.5, 0.6) is 0 Å². The maximum atomic E-state index is 11.6. The van der Waals surface area contributed by atoms with Gasteiger partial charge in [0.25, 0.3) is 0 Å². The monoisotopic (exact) mass is 251 g/mol. The lowest BCUT2D eigenvalue weighted by Crippen LogP contribution is -2.51. The Bertz CT molecular complexity index is 446. The molecular weight excluding hydrogens is 234 g/mol. The predicted octanol–water partition coefficient (Wildman–Crippen LogP) is -0.665. The third kappa shape index (κ3) is 2.11. The van der Waals surface area contributed by atoms with E-state index in [1.165, 1.54) is 0 Å². The van der Waals surface area contributed by atoms with Crippen molar-refractivity contribution in [3.8, 4) is 0 Å². The number of amides is 1. The molecule has 0 bridgehead atoms. The number of hydrogen-bond acceptors (Lipinski definition) is 6. The Morgan fingerprint density at radius 1 is 1.44 bits per heavy atom. The van der Waals surface area contributed by atoms with Crippen LogP contribution in [0.4, 0.5) is 0 Å². The van der Waals surface area contributed by atoms with E-state index in [9.17, 15) is 4.79 Å². The molecule has 18 heavy (non-hydrogen) atoms. The number of aromatic nitrogens is 2. The first-order valence-electron chi connectivity index (χ1n) is 6.29. The summed E-state index contributed by atoms with van der Waals surface area (Å²) in [5.74, 6) is 1.44. The lowest BCUT2D eigenvalue weighted by molar-refractivity contribution is -0.130. The molecule has 1 aromatic heterocycles. The number of carbonyl (C=O) groups excluding carboxylic acids is 1. The molecule has 3 heterocycles. The SMILES string of the molecule is NCc1nc(CN2CCN3C(=O)CCC3C2)no1. The van der Waals surface area contributed by atoms with Crippen LogP contribution in [0.1, 0.15) is 24.6 Å². The number of nitrogens with zero attached hydrogens (tertiary/aromatic N) is 4. The summed E-state index contributed by atoms with van der Waals surface area (Å²) in [7, 11) is 0. The van der Waals surface area contributed by atoms with E-state index in [2.05, 4.69) is 15.0 Å². The van der Waals surface area contributed by atoms with Crippen molar-refractivity contribution in [2.75, 3.05) is 19.6 Å². The third-order valence-electron chi connectivity index (χ3n) is 3.63. The van der Waals surface area contributed by atoms with Gasteiger partial charge in [0.05, 0.1) is 13.1 Å². The number of nitrogens with two attached hydrogens (primary N) is 1. The second-order valence-electron chi connectivity index (χ2n) is 4.82. The topological polar surface area (TPSA) is 88.5 Å². The molecule has 2 aliphatic heterocycles.